The van der Waals surface area contributed by atoms with Crippen LogP contribution < -0.4 is 5.32 Å². The number of rotatable bonds is 5. The maximum absolute atomic E-state index is 12.6. The highest BCUT2D eigenvalue weighted by molar-refractivity contribution is 7.11. The standard InChI is InChI=1S/C25H32N2OS/c1-18-9-10-21(29-18)17-27-13-11-25(12-14-27)16-19(22-7-2-3-8-23(22)25)15-24(28)26-20-5-4-6-20/h2-3,7-10,19-20H,4-6,11-17H2,1H3,(H,26,28). The lowest BCUT2D eigenvalue weighted by atomic mass is 9.73. The van der Waals surface area contributed by atoms with Gasteiger partial charge in [-0.25, -0.2) is 0 Å². The van der Waals surface area contributed by atoms with E-state index in [1.807, 2.05) is 11.3 Å². The summed E-state index contributed by atoms with van der Waals surface area (Å²) >= 11 is 1.93. The summed E-state index contributed by atoms with van der Waals surface area (Å²) in [6.45, 7) is 5.60. The Morgan fingerprint density at radius 3 is 2.66 bits per heavy atom. The fourth-order valence-corrected chi connectivity index (χ4v) is 6.61. The molecule has 2 fully saturated rings. The Morgan fingerprint density at radius 1 is 1.17 bits per heavy atom. The minimum atomic E-state index is 0.261. The van der Waals surface area contributed by atoms with E-state index in [1.54, 1.807) is 0 Å². The molecule has 2 aromatic rings. The lowest BCUT2D eigenvalue weighted by Gasteiger charge is -2.40. The minimum absolute atomic E-state index is 0.261. The average molecular weight is 409 g/mol. The highest BCUT2D eigenvalue weighted by Gasteiger charge is 2.45. The van der Waals surface area contributed by atoms with E-state index >= 15 is 0 Å². The topological polar surface area (TPSA) is 32.3 Å². The number of hydrogen-bond acceptors (Lipinski definition) is 3. The number of fused-ring (bicyclic) bond motifs is 2. The first kappa shape index (κ1) is 19.3. The lowest BCUT2D eigenvalue weighted by Crippen LogP contribution is -2.41. The first-order valence-electron chi connectivity index (χ1n) is 11.3. The van der Waals surface area contributed by atoms with Gasteiger partial charge in [-0.2, -0.15) is 0 Å². The van der Waals surface area contributed by atoms with Crippen LogP contribution in [0.1, 0.15) is 71.7 Å². The van der Waals surface area contributed by atoms with Gasteiger partial charge in [0.15, 0.2) is 0 Å². The van der Waals surface area contributed by atoms with Crippen LogP contribution in [0.5, 0.6) is 0 Å². The van der Waals surface area contributed by atoms with Crippen LogP contribution in [0.2, 0.25) is 0 Å². The number of benzene rings is 1. The Bertz CT molecular complexity index is 876. The van der Waals surface area contributed by atoms with E-state index < -0.39 is 0 Å². The third kappa shape index (κ3) is 3.89. The second kappa shape index (κ2) is 7.88. The molecule has 1 saturated heterocycles. The van der Waals surface area contributed by atoms with Crippen molar-refractivity contribution in [1.29, 1.82) is 0 Å². The van der Waals surface area contributed by atoms with Gasteiger partial charge in [0.1, 0.15) is 0 Å². The molecular weight excluding hydrogens is 376 g/mol. The number of piperidine rings is 1. The van der Waals surface area contributed by atoms with Crippen LogP contribution >= 0.6 is 11.3 Å². The molecule has 1 spiro atoms. The highest BCUT2D eigenvalue weighted by atomic mass is 32.1. The van der Waals surface area contributed by atoms with Gasteiger partial charge in [0.25, 0.3) is 0 Å². The monoisotopic (exact) mass is 408 g/mol. The number of aryl methyl sites for hydroxylation is 1. The zero-order valence-electron chi connectivity index (χ0n) is 17.5. The molecule has 154 valence electrons. The zero-order chi connectivity index (χ0) is 19.8. The van der Waals surface area contributed by atoms with Crippen molar-refractivity contribution < 1.29 is 4.79 Å². The summed E-state index contributed by atoms with van der Waals surface area (Å²) in [5.74, 6) is 0.648. The van der Waals surface area contributed by atoms with Gasteiger partial charge in [0, 0.05) is 28.8 Å². The lowest BCUT2D eigenvalue weighted by molar-refractivity contribution is -0.122. The fraction of sp³-hybridized carbons (Fsp3) is 0.560. The molecule has 1 aromatic carbocycles. The third-order valence-electron chi connectivity index (χ3n) is 7.50. The van der Waals surface area contributed by atoms with Crippen molar-refractivity contribution in [2.45, 2.75) is 75.8 Å². The van der Waals surface area contributed by atoms with Gasteiger partial charge < -0.3 is 5.32 Å². The Balaban J connectivity index is 1.26. The van der Waals surface area contributed by atoms with Gasteiger partial charge in [0.2, 0.25) is 5.91 Å². The van der Waals surface area contributed by atoms with Gasteiger partial charge in [-0.15, -0.1) is 11.3 Å². The van der Waals surface area contributed by atoms with Crippen molar-refractivity contribution >= 4 is 17.2 Å². The number of hydrogen-bond donors (Lipinski definition) is 1. The zero-order valence-corrected chi connectivity index (χ0v) is 18.3. The molecule has 0 radical (unpaired) electrons. The van der Waals surface area contributed by atoms with Crippen LogP contribution in [0.15, 0.2) is 36.4 Å². The van der Waals surface area contributed by atoms with Gasteiger partial charge in [-0.1, -0.05) is 24.3 Å². The summed E-state index contributed by atoms with van der Waals surface area (Å²) in [4.78, 5) is 18.1. The van der Waals surface area contributed by atoms with E-state index in [0.29, 0.717) is 18.4 Å². The first-order chi connectivity index (χ1) is 14.1. The second-order valence-electron chi connectivity index (χ2n) is 9.46. The number of nitrogens with one attached hydrogen (secondary N) is 1. The summed E-state index contributed by atoms with van der Waals surface area (Å²) in [6, 6.07) is 13.9. The van der Waals surface area contributed by atoms with E-state index in [1.165, 1.54) is 40.1 Å². The largest absolute Gasteiger partial charge is 0.353 e. The number of carbonyl (C=O) groups excluding carboxylic acids is 1. The molecule has 4 heteroatoms. The van der Waals surface area contributed by atoms with Crippen LogP contribution in [0.4, 0.5) is 0 Å². The summed E-state index contributed by atoms with van der Waals surface area (Å²) in [6.07, 6.45) is 7.84. The van der Waals surface area contributed by atoms with Crippen molar-refractivity contribution in [3.8, 4) is 0 Å². The number of amides is 1. The van der Waals surface area contributed by atoms with E-state index in [0.717, 1.165) is 38.9 Å². The van der Waals surface area contributed by atoms with Gasteiger partial charge in [-0.3, -0.25) is 9.69 Å². The predicted molar refractivity (Wildman–Crippen MR) is 119 cm³/mol. The molecule has 2 aliphatic carbocycles. The minimum Gasteiger partial charge on any atom is -0.353 e. The number of thiophene rings is 1. The van der Waals surface area contributed by atoms with Crippen molar-refractivity contribution in [1.82, 2.24) is 10.2 Å². The SMILES string of the molecule is Cc1ccc(CN2CCC3(CC2)CC(CC(=O)NC2CCC2)c2ccccc23)s1. The van der Waals surface area contributed by atoms with E-state index in [9.17, 15) is 4.79 Å². The van der Waals surface area contributed by atoms with Gasteiger partial charge in [-0.05, 0) is 93.1 Å². The molecule has 1 saturated carbocycles. The van der Waals surface area contributed by atoms with E-state index in [2.05, 4.69) is 53.5 Å². The average Bonchev–Trinajstić information content (AvgIpc) is 3.23. The summed E-state index contributed by atoms with van der Waals surface area (Å²) < 4.78 is 0. The molecule has 1 N–H and O–H groups in total. The van der Waals surface area contributed by atoms with Gasteiger partial charge in [0.05, 0.1) is 0 Å². The van der Waals surface area contributed by atoms with E-state index in [-0.39, 0.29) is 11.3 Å². The molecule has 1 aromatic heterocycles. The van der Waals surface area contributed by atoms with Crippen LogP contribution in [0.25, 0.3) is 0 Å². The molecule has 3 nitrogen and oxygen atoms in total. The Kier molecular flexibility index (Phi) is 5.25. The molecule has 2 heterocycles. The first-order valence-corrected chi connectivity index (χ1v) is 12.1. The number of carbonyl (C=O) groups is 1. The molecule has 5 rings (SSSR count). The van der Waals surface area contributed by atoms with Crippen LogP contribution in [-0.4, -0.2) is 29.9 Å². The maximum Gasteiger partial charge on any atom is 0.220 e. The predicted octanol–water partition coefficient (Wildman–Crippen LogP) is 5.14. The molecular formula is C25H32N2OS. The van der Waals surface area contributed by atoms with Gasteiger partial charge >= 0.3 is 0 Å². The molecule has 1 atom stereocenters. The Labute approximate surface area is 178 Å². The molecule has 1 aliphatic heterocycles. The molecule has 1 unspecified atom stereocenters. The van der Waals surface area contributed by atoms with E-state index in [4.69, 9.17) is 0 Å². The molecule has 0 bridgehead atoms. The van der Waals surface area contributed by atoms with Crippen molar-refractivity contribution in [2.24, 2.45) is 0 Å². The smallest absolute Gasteiger partial charge is 0.220 e. The van der Waals surface area contributed by atoms with Crippen LogP contribution in [-0.2, 0) is 16.8 Å². The number of nitrogens with zero attached hydrogens (tertiary/aromatic N) is 1. The highest BCUT2D eigenvalue weighted by Crippen LogP contribution is 2.52. The second-order valence-corrected chi connectivity index (χ2v) is 10.8. The fourth-order valence-electron chi connectivity index (χ4n) is 5.68. The Hall–Kier alpha value is -1.65. The van der Waals surface area contributed by atoms with Crippen molar-refractivity contribution in [2.75, 3.05) is 13.1 Å². The Morgan fingerprint density at radius 2 is 1.97 bits per heavy atom. The summed E-state index contributed by atoms with van der Waals surface area (Å²) in [5, 5.41) is 3.26. The normalized spacial score (nSPS) is 23.7. The quantitative estimate of drug-likeness (QED) is 0.743. The van der Waals surface area contributed by atoms with Crippen molar-refractivity contribution in [3.63, 3.8) is 0 Å². The summed E-state index contributed by atoms with van der Waals surface area (Å²) in [5.41, 5.74) is 3.26. The molecule has 3 aliphatic rings. The molecule has 29 heavy (non-hydrogen) atoms. The van der Waals surface area contributed by atoms with Crippen LogP contribution in [0.3, 0.4) is 0 Å². The summed E-state index contributed by atoms with van der Waals surface area (Å²) in [7, 11) is 0. The van der Waals surface area contributed by atoms with Crippen LogP contribution in [0, 0.1) is 6.92 Å². The third-order valence-corrected chi connectivity index (χ3v) is 8.49. The maximum atomic E-state index is 12.6. The molecule has 1 amide bonds. The van der Waals surface area contributed by atoms with Crippen molar-refractivity contribution in [3.05, 3.63) is 57.3 Å². The number of likely N-dealkylation sites (tertiary alicyclic amines) is 1.